The van der Waals surface area contributed by atoms with Crippen molar-refractivity contribution in [1.29, 1.82) is 0 Å². The van der Waals surface area contributed by atoms with Crippen LogP contribution in [-0.2, 0) is 13.0 Å². The molecule has 6 rings (SSSR count). The maximum Gasteiger partial charge on any atom is 0.254 e. The average Bonchev–Trinajstić information content (AvgIpc) is 3.49. The van der Waals surface area contributed by atoms with E-state index in [4.69, 9.17) is 4.74 Å². The number of H-pyrrole nitrogens is 1. The predicted octanol–water partition coefficient (Wildman–Crippen LogP) is 4.11. The van der Waals surface area contributed by atoms with E-state index in [0.29, 0.717) is 17.9 Å². The molecule has 0 saturated carbocycles. The lowest BCUT2D eigenvalue weighted by atomic mass is 10.0. The number of aromatic amines is 1. The molecule has 0 spiro atoms. The number of methoxy groups -OCH3 is 1. The van der Waals surface area contributed by atoms with Crippen molar-refractivity contribution in [2.24, 2.45) is 0 Å². The van der Waals surface area contributed by atoms with Gasteiger partial charge in [0.15, 0.2) is 5.82 Å². The number of hydrogen-bond acceptors (Lipinski definition) is 6. The molecule has 2 atom stereocenters. The number of hydrogen-bond donors (Lipinski definition) is 1. The maximum absolute atomic E-state index is 13.6. The molecule has 1 aliphatic heterocycles. The Morgan fingerprint density at radius 2 is 1.86 bits per heavy atom. The Labute approximate surface area is 208 Å². The van der Waals surface area contributed by atoms with Gasteiger partial charge in [0.1, 0.15) is 11.8 Å². The van der Waals surface area contributed by atoms with Crippen LogP contribution in [0.15, 0.2) is 83.7 Å². The lowest BCUT2D eigenvalue weighted by Crippen LogP contribution is -2.38. The second-order valence-electron chi connectivity index (χ2n) is 9.18. The molecule has 0 saturated heterocycles. The van der Waals surface area contributed by atoms with E-state index in [-0.39, 0.29) is 11.6 Å². The third-order valence-electron chi connectivity index (χ3n) is 6.89. The van der Waals surface area contributed by atoms with Gasteiger partial charge < -0.3 is 14.6 Å². The highest BCUT2D eigenvalue weighted by molar-refractivity contribution is 5.81. The summed E-state index contributed by atoms with van der Waals surface area (Å²) < 4.78 is 7.23. The Morgan fingerprint density at radius 1 is 1.06 bits per heavy atom. The first-order valence-corrected chi connectivity index (χ1v) is 12.0. The van der Waals surface area contributed by atoms with Gasteiger partial charge in [-0.15, -0.1) is 5.10 Å². The topological polar surface area (TPSA) is 88.9 Å². The van der Waals surface area contributed by atoms with Crippen LogP contribution in [0.4, 0.5) is 5.69 Å². The van der Waals surface area contributed by atoms with E-state index in [1.807, 2.05) is 60.7 Å². The minimum absolute atomic E-state index is 0.148. The van der Waals surface area contributed by atoms with Crippen molar-refractivity contribution in [2.45, 2.75) is 32.0 Å². The van der Waals surface area contributed by atoms with Crippen LogP contribution in [0.2, 0.25) is 0 Å². The Balaban J connectivity index is 1.55. The number of pyridine rings is 1. The van der Waals surface area contributed by atoms with Crippen LogP contribution in [0, 0.1) is 0 Å². The number of aromatic nitrogens is 5. The molecule has 1 N–H and O–H groups in total. The monoisotopic (exact) mass is 478 g/mol. The van der Waals surface area contributed by atoms with Crippen LogP contribution in [0.5, 0.6) is 5.75 Å². The lowest BCUT2D eigenvalue weighted by Gasteiger charge is -2.33. The van der Waals surface area contributed by atoms with Crippen LogP contribution in [0.25, 0.3) is 10.9 Å². The fraction of sp³-hybridized carbons (Fsp3) is 0.214. The first kappa shape index (κ1) is 22.0. The molecule has 1 aliphatic rings. The van der Waals surface area contributed by atoms with E-state index in [9.17, 15) is 4.79 Å². The van der Waals surface area contributed by atoms with Crippen LogP contribution in [0.1, 0.15) is 35.5 Å². The molecule has 0 bridgehead atoms. The van der Waals surface area contributed by atoms with E-state index in [1.54, 1.807) is 11.8 Å². The Morgan fingerprint density at radius 3 is 2.69 bits per heavy atom. The van der Waals surface area contributed by atoms with E-state index >= 15 is 0 Å². The van der Waals surface area contributed by atoms with Gasteiger partial charge in [0.05, 0.1) is 13.7 Å². The summed E-state index contributed by atoms with van der Waals surface area (Å²) in [5.74, 6) is 1.35. The fourth-order valence-corrected chi connectivity index (χ4v) is 5.20. The van der Waals surface area contributed by atoms with Gasteiger partial charge in [-0.2, -0.15) is 0 Å². The molecule has 0 radical (unpaired) electrons. The van der Waals surface area contributed by atoms with Gasteiger partial charge in [0.2, 0.25) is 0 Å². The zero-order chi connectivity index (χ0) is 24.6. The van der Waals surface area contributed by atoms with Crippen LogP contribution >= 0.6 is 0 Å². The van der Waals surface area contributed by atoms with Crippen molar-refractivity contribution in [1.82, 2.24) is 25.2 Å². The number of benzene rings is 3. The molecule has 3 aromatic carbocycles. The summed E-state index contributed by atoms with van der Waals surface area (Å²) in [6.45, 7) is 2.68. The second kappa shape index (κ2) is 8.96. The smallest absolute Gasteiger partial charge is 0.254 e. The largest absolute Gasteiger partial charge is 0.497 e. The Kier molecular flexibility index (Phi) is 5.48. The highest BCUT2D eigenvalue weighted by Gasteiger charge is 2.37. The quantitative estimate of drug-likeness (QED) is 0.395. The van der Waals surface area contributed by atoms with Crippen molar-refractivity contribution in [3.63, 3.8) is 0 Å². The molecular formula is C28H26N6O2. The van der Waals surface area contributed by atoms with E-state index in [1.165, 1.54) is 5.56 Å². The molecule has 0 aliphatic carbocycles. The molecule has 3 heterocycles. The van der Waals surface area contributed by atoms with Crippen molar-refractivity contribution in [3.05, 3.63) is 112 Å². The minimum Gasteiger partial charge on any atom is -0.497 e. The van der Waals surface area contributed by atoms with Gasteiger partial charge >= 0.3 is 0 Å². The third-order valence-corrected chi connectivity index (χ3v) is 6.89. The molecule has 8 nitrogen and oxygen atoms in total. The van der Waals surface area contributed by atoms with Gasteiger partial charge in [-0.05, 0) is 65.2 Å². The highest BCUT2D eigenvalue weighted by atomic mass is 16.5. The summed E-state index contributed by atoms with van der Waals surface area (Å²) in [5, 5.41) is 13.7. The molecule has 2 aromatic heterocycles. The van der Waals surface area contributed by atoms with Gasteiger partial charge in [0.25, 0.3) is 5.56 Å². The van der Waals surface area contributed by atoms with Gasteiger partial charge in [-0.25, -0.2) is 4.68 Å². The standard InChI is InChI=1S/C28H26N6O2/c1-18-14-20-10-6-7-11-25(20)34(18)26(27-30-31-32-33(27)17-19-8-4-3-5-9-19)23-16-21-15-22(36-2)12-13-24(21)29-28(23)35/h3-13,15-16,18,26H,14,17H2,1-2H3,(H,29,35)/t18-,26+/m1/s1. The van der Waals surface area contributed by atoms with Crippen molar-refractivity contribution < 1.29 is 4.74 Å². The highest BCUT2D eigenvalue weighted by Crippen LogP contribution is 2.40. The maximum atomic E-state index is 13.6. The van der Waals surface area contributed by atoms with Crippen LogP contribution < -0.4 is 15.2 Å². The van der Waals surface area contributed by atoms with Crippen molar-refractivity contribution >= 4 is 16.6 Å². The lowest BCUT2D eigenvalue weighted by molar-refractivity contribution is 0.415. The van der Waals surface area contributed by atoms with Gasteiger partial charge in [0, 0.05) is 28.2 Å². The van der Waals surface area contributed by atoms with E-state index < -0.39 is 6.04 Å². The first-order chi connectivity index (χ1) is 17.6. The fourth-order valence-electron chi connectivity index (χ4n) is 5.20. The predicted molar refractivity (Wildman–Crippen MR) is 138 cm³/mol. The zero-order valence-electron chi connectivity index (χ0n) is 20.1. The average molecular weight is 479 g/mol. The zero-order valence-corrected chi connectivity index (χ0v) is 20.1. The second-order valence-corrected chi connectivity index (χ2v) is 9.18. The molecule has 5 aromatic rings. The number of anilines is 1. The normalized spacial score (nSPS) is 15.7. The molecule has 0 fully saturated rings. The number of nitrogens with one attached hydrogen (secondary N) is 1. The molecule has 8 heteroatoms. The number of tetrazole rings is 1. The van der Waals surface area contributed by atoms with Crippen LogP contribution in [0.3, 0.4) is 0 Å². The molecule has 36 heavy (non-hydrogen) atoms. The summed E-state index contributed by atoms with van der Waals surface area (Å²) >= 11 is 0. The number of nitrogens with zero attached hydrogens (tertiary/aromatic N) is 5. The minimum atomic E-state index is -0.485. The number of ether oxygens (including phenoxy) is 1. The van der Waals surface area contributed by atoms with Gasteiger partial charge in [-0.1, -0.05) is 48.5 Å². The summed E-state index contributed by atoms with van der Waals surface area (Å²) in [4.78, 5) is 18.9. The first-order valence-electron chi connectivity index (χ1n) is 12.0. The Bertz CT molecular complexity index is 1590. The molecule has 180 valence electrons. The number of para-hydroxylation sites is 1. The van der Waals surface area contributed by atoms with Crippen molar-refractivity contribution in [3.8, 4) is 5.75 Å². The van der Waals surface area contributed by atoms with Gasteiger partial charge in [-0.3, -0.25) is 4.79 Å². The summed E-state index contributed by atoms with van der Waals surface area (Å²) in [6.07, 6.45) is 0.881. The number of rotatable bonds is 6. The Hall–Kier alpha value is -4.46. The van der Waals surface area contributed by atoms with Crippen LogP contribution in [-0.4, -0.2) is 38.3 Å². The molecule has 0 unspecified atom stereocenters. The molecular weight excluding hydrogens is 452 g/mol. The summed E-state index contributed by atoms with van der Waals surface area (Å²) in [7, 11) is 1.64. The summed E-state index contributed by atoms with van der Waals surface area (Å²) in [5.41, 5.74) is 4.59. The molecule has 0 amide bonds. The number of fused-ring (bicyclic) bond motifs is 2. The van der Waals surface area contributed by atoms with Crippen molar-refractivity contribution in [2.75, 3.05) is 12.0 Å². The third kappa shape index (κ3) is 3.80. The van der Waals surface area contributed by atoms with E-state index in [0.717, 1.165) is 34.3 Å². The van der Waals surface area contributed by atoms with E-state index in [2.05, 4.69) is 50.5 Å². The SMILES string of the molecule is COc1ccc2[nH]c(=O)c([C@@H](c3nnnn3Cc3ccccc3)N3c4ccccc4C[C@H]3C)cc2c1. The summed E-state index contributed by atoms with van der Waals surface area (Å²) in [6, 6.07) is 25.6.